The second-order valence-corrected chi connectivity index (χ2v) is 15.3. The van der Waals surface area contributed by atoms with E-state index in [4.69, 9.17) is 4.98 Å². The quantitative estimate of drug-likeness (QED) is 0.0747. The van der Waals surface area contributed by atoms with Crippen LogP contribution in [-0.2, 0) is 5.92 Å². The maximum absolute atomic E-state index is 16.3. The van der Waals surface area contributed by atoms with E-state index in [0.29, 0.717) is 50.4 Å². The summed E-state index contributed by atoms with van der Waals surface area (Å²) in [7, 11) is 0. The topological polar surface area (TPSA) is 133 Å². The number of alkyl halides is 2. The zero-order valence-corrected chi connectivity index (χ0v) is 29.6. The number of carbonyl (C=O) groups is 1. The van der Waals surface area contributed by atoms with Crippen molar-refractivity contribution in [3.05, 3.63) is 119 Å². The number of carbonyl (C=O) groups excluding carboxylic acids is 1. The van der Waals surface area contributed by atoms with Crippen molar-refractivity contribution < 1.29 is 28.6 Å². The lowest BCUT2D eigenvalue weighted by molar-refractivity contribution is -1.17. The summed E-state index contributed by atoms with van der Waals surface area (Å²) in [5.74, 6) is -1.73. The molecule has 0 spiro atoms. The third-order valence-corrected chi connectivity index (χ3v) is 12.4. The predicted molar refractivity (Wildman–Crippen MR) is 196 cm³/mol. The Morgan fingerprint density at radius 2 is 1.65 bits per heavy atom. The van der Waals surface area contributed by atoms with Gasteiger partial charge in [0.25, 0.3) is 5.92 Å². The molecule has 2 saturated heterocycles. The standard InChI is InChI=1S/C42H39F2N7O3/c1-23(24-6-3-2-4-7-24)51(54,41(52)53)50-29-13-9-28(18-29)38(50)40-47-34-16-12-26(21-36(34)48-40)25-10-14-30-31-15-11-27(20-33(31)42(43,44)32(30)19-25)37-22-46-39(49-37)35-8-5-17-45-35/h2-4,6-7,10-12,14-16,19-23,28-29,35,38,45,54H,5,8-9,13,17-18H2,1H3,(H2-,46,47,48,49,52,53)/t23?,28-,29-,35?,38+,51?/m1/s1. The van der Waals surface area contributed by atoms with Gasteiger partial charge in [-0.2, -0.15) is 14.0 Å². The lowest BCUT2D eigenvalue weighted by Crippen LogP contribution is -2.68. The number of H-pyrrole nitrogens is 2. The van der Waals surface area contributed by atoms with E-state index in [9.17, 15) is 15.1 Å². The number of benzene rings is 4. The number of quaternary nitrogens is 1. The first-order chi connectivity index (χ1) is 26.1. The highest BCUT2D eigenvalue weighted by Crippen LogP contribution is 2.55. The zero-order chi connectivity index (χ0) is 36.9. The number of hydroxylamine groups is 2. The Labute approximate surface area is 310 Å². The van der Waals surface area contributed by atoms with Gasteiger partial charge in [0.15, 0.2) is 6.04 Å². The first-order valence-corrected chi connectivity index (χ1v) is 18.7. The minimum absolute atomic E-state index is 0.0251. The molecule has 1 amide bonds. The van der Waals surface area contributed by atoms with E-state index in [0.717, 1.165) is 50.0 Å². The van der Waals surface area contributed by atoms with Crippen molar-refractivity contribution in [1.29, 1.82) is 0 Å². The number of aromatic amines is 2. The summed E-state index contributed by atoms with van der Waals surface area (Å²) in [6.45, 7) is 2.63. The summed E-state index contributed by atoms with van der Waals surface area (Å²) in [4.78, 5) is 29.1. The van der Waals surface area contributed by atoms with E-state index < -0.39 is 28.9 Å². The monoisotopic (exact) mass is 727 g/mol. The largest absolute Gasteiger partial charge is 0.494 e. The Morgan fingerprint density at radius 3 is 2.39 bits per heavy atom. The molecule has 2 aromatic heterocycles. The molecule has 54 heavy (non-hydrogen) atoms. The Kier molecular flexibility index (Phi) is 7.48. The van der Waals surface area contributed by atoms with Gasteiger partial charge >= 0.3 is 6.09 Å². The summed E-state index contributed by atoms with van der Waals surface area (Å²) in [5.41, 5.74) is 5.75. The molecule has 2 bridgehead atoms. The highest BCUT2D eigenvalue weighted by molar-refractivity contribution is 5.87. The summed E-state index contributed by atoms with van der Waals surface area (Å²) in [6.07, 6.45) is 4.57. The highest BCUT2D eigenvalue weighted by Gasteiger charge is 2.60. The lowest BCUT2D eigenvalue weighted by Gasteiger charge is -2.46. The van der Waals surface area contributed by atoms with Crippen molar-refractivity contribution in [1.82, 2.24) is 30.3 Å². The minimum atomic E-state index is -3.20. The molecule has 0 radical (unpaired) electrons. The van der Waals surface area contributed by atoms with Gasteiger partial charge < -0.3 is 25.2 Å². The van der Waals surface area contributed by atoms with Gasteiger partial charge in [-0.05, 0) is 98.0 Å². The second kappa shape index (κ2) is 12.1. The number of imidazole rings is 2. The van der Waals surface area contributed by atoms with Crippen LogP contribution in [0, 0.1) is 5.92 Å². The molecule has 6 aromatic rings. The van der Waals surface area contributed by atoms with Crippen LogP contribution in [0.25, 0.3) is 44.5 Å². The zero-order valence-electron chi connectivity index (χ0n) is 29.6. The number of hydrogen-bond donors (Lipinski definition) is 4. The van der Waals surface area contributed by atoms with Crippen LogP contribution < -0.4 is 10.4 Å². The van der Waals surface area contributed by atoms with E-state index in [-0.39, 0.29) is 29.1 Å². The molecule has 3 unspecified atom stereocenters. The molecule has 4 heterocycles. The number of fused-ring (bicyclic) bond motifs is 6. The van der Waals surface area contributed by atoms with Gasteiger partial charge in [0.05, 0.1) is 35.0 Å². The summed E-state index contributed by atoms with van der Waals surface area (Å²) < 4.78 is 31.2. The van der Waals surface area contributed by atoms with Crippen LogP contribution in [0.3, 0.4) is 0 Å². The van der Waals surface area contributed by atoms with Gasteiger partial charge in [0.1, 0.15) is 17.7 Å². The van der Waals surface area contributed by atoms with Crippen molar-refractivity contribution in [3.63, 3.8) is 0 Å². The number of aromatic nitrogens is 4. The van der Waals surface area contributed by atoms with Gasteiger partial charge in [-0.25, -0.2) is 9.97 Å². The molecule has 274 valence electrons. The molecular weight excluding hydrogens is 689 g/mol. The van der Waals surface area contributed by atoms with Gasteiger partial charge in [0, 0.05) is 22.3 Å². The van der Waals surface area contributed by atoms with E-state index in [1.807, 2.05) is 48.5 Å². The Bertz CT molecular complexity index is 2440. The Morgan fingerprint density at radius 1 is 0.926 bits per heavy atom. The van der Waals surface area contributed by atoms with Gasteiger partial charge in [-0.15, -0.1) is 5.01 Å². The van der Waals surface area contributed by atoms with E-state index >= 15 is 8.78 Å². The Balaban J connectivity index is 0.962. The number of nitrogens with one attached hydrogen (secondary N) is 3. The van der Waals surface area contributed by atoms with Crippen LogP contribution in [0.5, 0.6) is 0 Å². The van der Waals surface area contributed by atoms with E-state index in [1.54, 1.807) is 54.5 Å². The number of amides is 1. The van der Waals surface area contributed by atoms with Crippen LogP contribution in [-0.4, -0.2) is 53.6 Å². The molecule has 4 N–H and O–H groups in total. The van der Waals surface area contributed by atoms with Crippen molar-refractivity contribution in [3.8, 4) is 33.5 Å². The molecule has 4 aliphatic rings. The number of nitrogens with zero attached hydrogens (tertiary/aromatic N) is 4. The summed E-state index contributed by atoms with van der Waals surface area (Å²) >= 11 is 0. The lowest BCUT2D eigenvalue weighted by atomic mass is 9.98. The fourth-order valence-corrected chi connectivity index (χ4v) is 9.64. The predicted octanol–water partition coefficient (Wildman–Crippen LogP) is 7.92. The second-order valence-electron chi connectivity index (χ2n) is 15.3. The molecule has 12 heteroatoms. The van der Waals surface area contributed by atoms with Gasteiger partial charge in [-0.3, -0.25) is 0 Å². The molecular formula is C42H39F2N7O3. The molecule has 10 rings (SSSR count). The van der Waals surface area contributed by atoms with Crippen LogP contribution in [0.4, 0.5) is 13.6 Å². The highest BCUT2D eigenvalue weighted by atomic mass is 19.3. The third kappa shape index (κ3) is 4.93. The molecule has 2 aliphatic heterocycles. The third-order valence-electron chi connectivity index (χ3n) is 12.4. The normalized spacial score (nSPS) is 24.4. The molecule has 1 saturated carbocycles. The molecule has 4 aromatic carbocycles. The van der Waals surface area contributed by atoms with Crippen molar-refractivity contribution >= 4 is 17.1 Å². The fraction of sp³-hybridized carbons (Fsp3) is 0.310. The number of hydrogen-bond acceptors (Lipinski definition) is 7. The van der Waals surface area contributed by atoms with Crippen LogP contribution in [0.2, 0.25) is 0 Å². The smallest absolute Gasteiger partial charge is 0.313 e. The first-order valence-electron chi connectivity index (χ1n) is 18.7. The van der Waals surface area contributed by atoms with Gasteiger partial charge in [-0.1, -0.05) is 65.4 Å². The first kappa shape index (κ1) is 33.3. The van der Waals surface area contributed by atoms with Crippen molar-refractivity contribution in [2.24, 2.45) is 5.92 Å². The van der Waals surface area contributed by atoms with Crippen LogP contribution in [0.1, 0.15) is 85.5 Å². The molecule has 3 fully saturated rings. The van der Waals surface area contributed by atoms with E-state index in [2.05, 4.69) is 20.3 Å². The molecule has 2 aliphatic carbocycles. The molecule has 10 nitrogen and oxygen atoms in total. The van der Waals surface area contributed by atoms with Crippen LogP contribution >= 0.6 is 0 Å². The van der Waals surface area contributed by atoms with Crippen molar-refractivity contribution in [2.75, 3.05) is 6.54 Å². The number of piperidine rings is 1. The maximum Gasteiger partial charge on any atom is 0.313 e. The number of halogens is 2. The Hall–Kier alpha value is -5.27. The average Bonchev–Trinajstić information content (AvgIpc) is 4.05. The molecule has 6 atom stereocenters. The van der Waals surface area contributed by atoms with Crippen LogP contribution in [0.15, 0.2) is 91.1 Å². The average molecular weight is 728 g/mol. The van der Waals surface area contributed by atoms with Crippen molar-refractivity contribution in [2.45, 2.75) is 69.1 Å². The summed E-state index contributed by atoms with van der Waals surface area (Å²) in [5, 5.41) is 30.0. The minimum Gasteiger partial charge on any atom is -0.494 e. The van der Waals surface area contributed by atoms with E-state index in [1.165, 1.54) is 0 Å². The number of carboxylic acid groups (broad SMARTS) is 1. The maximum atomic E-state index is 16.3. The number of rotatable bonds is 7. The summed E-state index contributed by atoms with van der Waals surface area (Å²) in [6, 6.07) is 23.8. The van der Waals surface area contributed by atoms with Gasteiger partial charge in [0.2, 0.25) is 0 Å². The fourth-order valence-electron chi connectivity index (χ4n) is 9.64. The SMILES string of the molecule is CC(c1ccccc1)[N+](O)(C(=O)[O-])N1[C@@H]2CC[C@H](C2)[C@H]1c1nc2ccc(-c3ccc4c(c3)C(F)(F)c3cc(-c5cnc(C6CCCN6)[nH]5)ccc3-4)cc2[nH]1.